The number of ether oxygens (including phenoxy) is 1. The molecule has 0 unspecified atom stereocenters. The van der Waals surface area contributed by atoms with E-state index in [1.807, 2.05) is 13.8 Å². The van der Waals surface area contributed by atoms with Crippen LogP contribution in [0.2, 0.25) is 5.02 Å². The fraction of sp³-hybridized carbons (Fsp3) is 0.200. The highest BCUT2D eigenvalue weighted by molar-refractivity contribution is 7.98. The van der Waals surface area contributed by atoms with Crippen LogP contribution in [0.3, 0.4) is 0 Å². The Labute approximate surface area is 176 Å². The number of anilines is 1. The quantitative estimate of drug-likeness (QED) is 0.436. The lowest BCUT2D eigenvalue weighted by Crippen LogP contribution is -2.21. The Hall–Kier alpha value is -2.84. The summed E-state index contributed by atoms with van der Waals surface area (Å²) in [5, 5.41) is 7.63. The van der Waals surface area contributed by atoms with Gasteiger partial charge < -0.3 is 14.6 Å². The maximum absolute atomic E-state index is 12.5. The van der Waals surface area contributed by atoms with E-state index in [1.165, 1.54) is 11.8 Å². The number of rotatable bonds is 7. The summed E-state index contributed by atoms with van der Waals surface area (Å²) in [5.74, 6) is 0.212. The molecule has 0 bridgehead atoms. The van der Waals surface area contributed by atoms with Gasteiger partial charge in [-0.25, -0.2) is 9.78 Å². The second-order valence-electron chi connectivity index (χ2n) is 6.08. The molecule has 0 saturated heterocycles. The van der Waals surface area contributed by atoms with Crippen molar-refractivity contribution in [2.45, 2.75) is 24.6 Å². The van der Waals surface area contributed by atoms with Crippen molar-refractivity contribution in [2.75, 3.05) is 11.9 Å². The number of thioether (sulfide) groups is 1. The number of benzene rings is 1. The number of aromatic nitrogens is 2. The largest absolute Gasteiger partial charge is 0.452 e. The molecule has 3 aromatic rings. The van der Waals surface area contributed by atoms with Crippen molar-refractivity contribution < 1.29 is 18.8 Å². The minimum atomic E-state index is -0.620. The molecule has 0 aliphatic carbocycles. The average molecular weight is 432 g/mol. The van der Waals surface area contributed by atoms with Crippen molar-refractivity contribution in [2.24, 2.45) is 0 Å². The second-order valence-corrected chi connectivity index (χ2v) is 7.48. The van der Waals surface area contributed by atoms with Gasteiger partial charge in [0, 0.05) is 28.2 Å². The van der Waals surface area contributed by atoms with Gasteiger partial charge in [0.25, 0.3) is 5.91 Å². The van der Waals surface area contributed by atoms with Gasteiger partial charge in [0.15, 0.2) is 6.61 Å². The van der Waals surface area contributed by atoms with Crippen LogP contribution in [0.1, 0.15) is 27.4 Å². The molecule has 2 heterocycles. The first-order valence-corrected chi connectivity index (χ1v) is 10.0. The molecule has 0 aliphatic rings. The van der Waals surface area contributed by atoms with Crippen LogP contribution in [0, 0.1) is 13.8 Å². The molecule has 0 spiro atoms. The highest BCUT2D eigenvalue weighted by atomic mass is 35.5. The summed E-state index contributed by atoms with van der Waals surface area (Å²) in [6.45, 7) is 3.28. The number of esters is 1. The van der Waals surface area contributed by atoms with Gasteiger partial charge in [-0.3, -0.25) is 4.79 Å². The predicted octanol–water partition coefficient (Wildman–Crippen LogP) is 4.43. The smallest absolute Gasteiger partial charge is 0.341 e. The molecule has 0 atom stereocenters. The van der Waals surface area contributed by atoms with Crippen molar-refractivity contribution in [3.63, 3.8) is 0 Å². The lowest BCUT2D eigenvalue weighted by Gasteiger charge is -2.09. The number of carbonyl (C=O) groups excluding carboxylic acids is 2. The van der Waals surface area contributed by atoms with E-state index in [4.69, 9.17) is 20.9 Å². The second kappa shape index (κ2) is 9.58. The maximum atomic E-state index is 12.5. The Bertz CT molecular complexity index is 1000. The van der Waals surface area contributed by atoms with Crippen molar-refractivity contribution >= 4 is 40.9 Å². The number of halogens is 1. The third-order valence-corrected chi connectivity index (χ3v) is 5.27. The number of amides is 1. The Morgan fingerprint density at radius 3 is 2.66 bits per heavy atom. The lowest BCUT2D eigenvalue weighted by molar-refractivity contribution is -0.119. The Morgan fingerprint density at radius 1 is 1.21 bits per heavy atom. The van der Waals surface area contributed by atoms with Crippen molar-refractivity contribution in [3.8, 4) is 0 Å². The van der Waals surface area contributed by atoms with Crippen LogP contribution in [0.15, 0.2) is 52.1 Å². The fourth-order valence-electron chi connectivity index (χ4n) is 2.45. The van der Waals surface area contributed by atoms with Crippen LogP contribution in [0.4, 0.5) is 5.69 Å². The topological polar surface area (TPSA) is 94.3 Å². The van der Waals surface area contributed by atoms with Crippen molar-refractivity contribution in [3.05, 3.63) is 70.2 Å². The number of nitrogens with one attached hydrogen (secondary N) is 1. The van der Waals surface area contributed by atoms with Crippen LogP contribution in [0.5, 0.6) is 0 Å². The lowest BCUT2D eigenvalue weighted by atomic mass is 10.2. The average Bonchev–Trinajstić information content (AvgIpc) is 3.04. The van der Waals surface area contributed by atoms with Gasteiger partial charge in [-0.2, -0.15) is 0 Å². The van der Waals surface area contributed by atoms with Gasteiger partial charge in [0.05, 0.1) is 11.3 Å². The zero-order chi connectivity index (χ0) is 20.8. The Balaban J connectivity index is 1.59. The molecule has 150 valence electrons. The molecule has 2 aromatic heterocycles. The first kappa shape index (κ1) is 20.9. The van der Waals surface area contributed by atoms with E-state index in [-0.39, 0.29) is 0 Å². The van der Waals surface area contributed by atoms with E-state index in [2.05, 4.69) is 15.5 Å². The molecule has 0 fully saturated rings. The molecule has 0 saturated carbocycles. The first-order chi connectivity index (χ1) is 13.9. The highest BCUT2D eigenvalue weighted by Crippen LogP contribution is 2.27. The van der Waals surface area contributed by atoms with Gasteiger partial charge in [-0.05, 0) is 50.2 Å². The summed E-state index contributed by atoms with van der Waals surface area (Å²) in [4.78, 5) is 28.7. The van der Waals surface area contributed by atoms with Crippen molar-refractivity contribution in [1.82, 2.24) is 10.1 Å². The van der Waals surface area contributed by atoms with Gasteiger partial charge >= 0.3 is 5.97 Å². The van der Waals surface area contributed by atoms with Crippen LogP contribution >= 0.6 is 23.4 Å². The summed E-state index contributed by atoms with van der Waals surface area (Å²) in [7, 11) is 0. The van der Waals surface area contributed by atoms with Crippen LogP contribution in [-0.4, -0.2) is 28.6 Å². The monoisotopic (exact) mass is 431 g/mol. The molecular weight excluding hydrogens is 414 g/mol. The summed E-state index contributed by atoms with van der Waals surface area (Å²) in [5.41, 5.74) is 2.62. The third kappa shape index (κ3) is 5.58. The number of pyridine rings is 1. The first-order valence-electron chi connectivity index (χ1n) is 8.66. The van der Waals surface area contributed by atoms with E-state index >= 15 is 0 Å². The Kier molecular flexibility index (Phi) is 6.90. The highest BCUT2D eigenvalue weighted by Gasteiger charge is 2.17. The van der Waals surface area contributed by atoms with Gasteiger partial charge in [0.1, 0.15) is 10.8 Å². The summed E-state index contributed by atoms with van der Waals surface area (Å²) in [6.07, 6.45) is 1.60. The summed E-state index contributed by atoms with van der Waals surface area (Å²) < 4.78 is 10.3. The molecule has 0 radical (unpaired) electrons. The van der Waals surface area contributed by atoms with E-state index in [0.717, 1.165) is 17.0 Å². The molecule has 29 heavy (non-hydrogen) atoms. The van der Waals surface area contributed by atoms with Crippen molar-refractivity contribution in [1.29, 1.82) is 0 Å². The van der Waals surface area contributed by atoms with E-state index in [1.54, 1.807) is 42.6 Å². The zero-order valence-corrected chi connectivity index (χ0v) is 17.3. The number of hydrogen-bond acceptors (Lipinski definition) is 7. The summed E-state index contributed by atoms with van der Waals surface area (Å²) in [6, 6.07) is 9.88. The normalized spacial score (nSPS) is 10.6. The van der Waals surface area contributed by atoms with Crippen LogP contribution < -0.4 is 5.32 Å². The molecule has 7 nitrogen and oxygen atoms in total. The number of hydrogen-bond donors (Lipinski definition) is 1. The number of nitrogens with zero attached hydrogens (tertiary/aromatic N) is 2. The van der Waals surface area contributed by atoms with Crippen LogP contribution in [-0.2, 0) is 15.3 Å². The minimum Gasteiger partial charge on any atom is -0.452 e. The predicted molar refractivity (Wildman–Crippen MR) is 110 cm³/mol. The fourth-order valence-corrected chi connectivity index (χ4v) is 3.71. The van der Waals surface area contributed by atoms with Gasteiger partial charge in [-0.15, -0.1) is 11.8 Å². The number of carbonyl (C=O) groups is 2. The van der Waals surface area contributed by atoms with E-state index < -0.39 is 18.5 Å². The van der Waals surface area contributed by atoms with Gasteiger partial charge in [0.2, 0.25) is 0 Å². The molecule has 0 aliphatic heterocycles. The molecule has 1 aromatic carbocycles. The minimum absolute atomic E-state index is 0.295. The standard InChI is InChI=1S/C20H18ClN3O4S/c1-12-17(13(2)28-24-12)11-29-19-16(4-3-9-22-19)20(26)27-10-18(25)23-15-7-5-14(21)6-8-15/h3-9H,10-11H2,1-2H3,(H,23,25). The van der Waals surface area contributed by atoms with Crippen LogP contribution in [0.25, 0.3) is 0 Å². The zero-order valence-electron chi connectivity index (χ0n) is 15.8. The molecule has 1 N–H and O–H groups in total. The Morgan fingerprint density at radius 2 is 1.97 bits per heavy atom. The van der Waals surface area contributed by atoms with E-state index in [0.29, 0.717) is 27.1 Å². The molecule has 9 heteroatoms. The SMILES string of the molecule is Cc1noc(C)c1CSc1ncccc1C(=O)OCC(=O)Nc1ccc(Cl)cc1. The molecular formula is C20H18ClN3O4S. The van der Waals surface area contributed by atoms with E-state index in [9.17, 15) is 9.59 Å². The number of aryl methyl sites for hydroxylation is 2. The van der Waals surface area contributed by atoms with Gasteiger partial charge in [-0.1, -0.05) is 16.8 Å². The molecule has 3 rings (SSSR count). The maximum Gasteiger partial charge on any atom is 0.341 e. The summed E-state index contributed by atoms with van der Waals surface area (Å²) >= 11 is 7.19. The third-order valence-electron chi connectivity index (χ3n) is 3.99. The molecule has 1 amide bonds.